The minimum atomic E-state index is 0.166. The molecule has 0 amide bonds. The van der Waals surface area contributed by atoms with Crippen molar-refractivity contribution in [2.45, 2.75) is 18.4 Å². The maximum Gasteiger partial charge on any atom is 0.145 e. The minimum Gasteiger partial charge on any atom is -0.396 e. The number of hydrogen-bond donors (Lipinski definition) is 2. The van der Waals surface area contributed by atoms with Gasteiger partial charge in [-0.15, -0.1) is 11.8 Å². The van der Waals surface area contributed by atoms with Crippen LogP contribution in [-0.4, -0.2) is 34.0 Å². The molecule has 0 aliphatic carbocycles. The van der Waals surface area contributed by atoms with Crippen molar-refractivity contribution in [2.24, 2.45) is 0 Å². The van der Waals surface area contributed by atoms with Crippen molar-refractivity contribution in [3.05, 3.63) is 12.4 Å². The topological polar surface area (TPSA) is 58.0 Å². The van der Waals surface area contributed by atoms with Crippen LogP contribution in [0.4, 0.5) is 5.82 Å². The smallest absolute Gasteiger partial charge is 0.145 e. The fourth-order valence-electron chi connectivity index (χ4n) is 0.906. The summed E-state index contributed by atoms with van der Waals surface area (Å²) in [5.41, 5.74) is 0. The predicted molar refractivity (Wildman–Crippen MR) is 58.6 cm³/mol. The van der Waals surface area contributed by atoms with E-state index in [2.05, 4.69) is 22.2 Å². The second-order valence-electron chi connectivity index (χ2n) is 2.74. The van der Waals surface area contributed by atoms with Gasteiger partial charge in [-0.1, -0.05) is 6.92 Å². The SMILES string of the molecule is CCCNc1cncc(SCCO)n1. The fourth-order valence-corrected chi connectivity index (χ4v) is 1.50. The van der Waals surface area contributed by atoms with E-state index in [0.717, 1.165) is 23.8 Å². The summed E-state index contributed by atoms with van der Waals surface area (Å²) < 4.78 is 0. The molecule has 4 nitrogen and oxygen atoms in total. The van der Waals surface area contributed by atoms with Gasteiger partial charge in [0.15, 0.2) is 0 Å². The number of aliphatic hydroxyl groups is 1. The Morgan fingerprint density at radius 3 is 3.07 bits per heavy atom. The molecule has 14 heavy (non-hydrogen) atoms. The molecule has 0 atom stereocenters. The predicted octanol–water partition coefficient (Wildman–Crippen LogP) is 1.38. The number of anilines is 1. The summed E-state index contributed by atoms with van der Waals surface area (Å²) in [5.74, 6) is 1.46. The number of hydrogen-bond acceptors (Lipinski definition) is 5. The number of rotatable bonds is 6. The van der Waals surface area contributed by atoms with Crippen molar-refractivity contribution in [3.63, 3.8) is 0 Å². The van der Waals surface area contributed by atoms with Gasteiger partial charge in [-0.25, -0.2) is 4.98 Å². The van der Waals surface area contributed by atoms with Crippen LogP contribution >= 0.6 is 11.8 Å². The highest BCUT2D eigenvalue weighted by Crippen LogP contribution is 2.14. The Morgan fingerprint density at radius 1 is 1.50 bits per heavy atom. The molecular formula is C9H15N3OS. The molecule has 0 bridgehead atoms. The lowest BCUT2D eigenvalue weighted by atomic mass is 10.5. The number of aliphatic hydroxyl groups excluding tert-OH is 1. The zero-order chi connectivity index (χ0) is 10.2. The highest BCUT2D eigenvalue weighted by molar-refractivity contribution is 7.99. The van der Waals surface area contributed by atoms with E-state index in [1.807, 2.05) is 0 Å². The second-order valence-corrected chi connectivity index (χ2v) is 3.86. The van der Waals surface area contributed by atoms with Crippen molar-refractivity contribution in [1.82, 2.24) is 9.97 Å². The molecule has 1 heterocycles. The van der Waals surface area contributed by atoms with E-state index in [-0.39, 0.29) is 6.61 Å². The van der Waals surface area contributed by atoms with Crippen LogP contribution < -0.4 is 5.32 Å². The first kappa shape index (κ1) is 11.3. The van der Waals surface area contributed by atoms with Crippen LogP contribution in [0.3, 0.4) is 0 Å². The van der Waals surface area contributed by atoms with E-state index in [1.54, 1.807) is 12.4 Å². The molecule has 0 aliphatic heterocycles. The Kier molecular flexibility index (Phi) is 5.32. The van der Waals surface area contributed by atoms with Gasteiger partial charge in [-0.05, 0) is 6.42 Å². The summed E-state index contributed by atoms with van der Waals surface area (Å²) in [7, 11) is 0. The van der Waals surface area contributed by atoms with E-state index >= 15 is 0 Å². The first-order valence-electron chi connectivity index (χ1n) is 4.66. The zero-order valence-corrected chi connectivity index (χ0v) is 9.05. The lowest BCUT2D eigenvalue weighted by Crippen LogP contribution is -2.02. The average Bonchev–Trinajstić information content (AvgIpc) is 2.24. The second kappa shape index (κ2) is 6.62. The van der Waals surface area contributed by atoms with Gasteiger partial charge in [-0.3, -0.25) is 4.98 Å². The molecule has 0 radical (unpaired) electrons. The number of nitrogens with one attached hydrogen (secondary N) is 1. The Morgan fingerprint density at radius 2 is 2.36 bits per heavy atom. The molecule has 1 aromatic rings. The molecule has 0 aromatic carbocycles. The Hall–Kier alpha value is -0.810. The number of thioether (sulfide) groups is 1. The maximum atomic E-state index is 8.65. The highest BCUT2D eigenvalue weighted by Gasteiger charge is 1.97. The summed E-state index contributed by atoms with van der Waals surface area (Å²) in [6, 6.07) is 0. The molecule has 1 rings (SSSR count). The van der Waals surface area contributed by atoms with Crippen LogP contribution in [0, 0.1) is 0 Å². The van der Waals surface area contributed by atoms with Gasteiger partial charge < -0.3 is 10.4 Å². The van der Waals surface area contributed by atoms with Crippen LogP contribution in [0.5, 0.6) is 0 Å². The van der Waals surface area contributed by atoms with E-state index in [1.165, 1.54) is 11.8 Å². The van der Waals surface area contributed by atoms with E-state index in [0.29, 0.717) is 5.75 Å². The van der Waals surface area contributed by atoms with Gasteiger partial charge >= 0.3 is 0 Å². The van der Waals surface area contributed by atoms with Gasteiger partial charge in [-0.2, -0.15) is 0 Å². The lowest BCUT2D eigenvalue weighted by molar-refractivity contribution is 0.322. The molecule has 0 spiro atoms. The van der Waals surface area contributed by atoms with E-state index < -0.39 is 0 Å². The van der Waals surface area contributed by atoms with Gasteiger partial charge in [0.1, 0.15) is 10.8 Å². The quantitative estimate of drug-likeness (QED) is 0.699. The van der Waals surface area contributed by atoms with Gasteiger partial charge in [0.2, 0.25) is 0 Å². The van der Waals surface area contributed by atoms with Crippen molar-refractivity contribution in [1.29, 1.82) is 0 Å². The Balaban J connectivity index is 2.50. The molecule has 5 heteroatoms. The van der Waals surface area contributed by atoms with Gasteiger partial charge in [0.25, 0.3) is 0 Å². The Labute approximate surface area is 88.2 Å². The average molecular weight is 213 g/mol. The summed E-state index contributed by atoms with van der Waals surface area (Å²) in [6.45, 7) is 3.17. The van der Waals surface area contributed by atoms with Crippen molar-refractivity contribution in [2.75, 3.05) is 24.2 Å². The summed E-state index contributed by atoms with van der Waals surface area (Å²) in [4.78, 5) is 8.39. The number of nitrogens with zero attached hydrogens (tertiary/aromatic N) is 2. The molecule has 0 aliphatic rings. The summed E-state index contributed by atoms with van der Waals surface area (Å²) >= 11 is 1.50. The molecule has 78 valence electrons. The van der Waals surface area contributed by atoms with E-state index in [4.69, 9.17) is 5.11 Å². The third kappa shape index (κ3) is 3.93. The standard InChI is InChI=1S/C9H15N3OS/c1-2-3-11-8-6-10-7-9(12-8)14-5-4-13/h6-7,13H,2-5H2,1H3,(H,11,12). The van der Waals surface area contributed by atoms with Crippen molar-refractivity contribution >= 4 is 17.6 Å². The highest BCUT2D eigenvalue weighted by atomic mass is 32.2. The minimum absolute atomic E-state index is 0.166. The lowest BCUT2D eigenvalue weighted by Gasteiger charge is -2.04. The number of aromatic nitrogens is 2. The van der Waals surface area contributed by atoms with Crippen LogP contribution in [0.15, 0.2) is 17.4 Å². The van der Waals surface area contributed by atoms with Crippen molar-refractivity contribution < 1.29 is 5.11 Å². The third-order valence-corrected chi connectivity index (χ3v) is 2.39. The first-order chi connectivity index (χ1) is 6.86. The van der Waals surface area contributed by atoms with Gasteiger partial charge in [0.05, 0.1) is 19.0 Å². The van der Waals surface area contributed by atoms with Crippen LogP contribution in [0.25, 0.3) is 0 Å². The molecule has 0 fully saturated rings. The largest absolute Gasteiger partial charge is 0.396 e. The zero-order valence-electron chi connectivity index (χ0n) is 8.23. The molecule has 0 saturated carbocycles. The summed E-state index contributed by atoms with van der Waals surface area (Å²) in [5, 5.41) is 12.7. The van der Waals surface area contributed by atoms with Crippen molar-refractivity contribution in [3.8, 4) is 0 Å². The normalized spacial score (nSPS) is 10.1. The molecule has 0 saturated heterocycles. The molecular weight excluding hydrogens is 198 g/mol. The first-order valence-corrected chi connectivity index (χ1v) is 5.65. The van der Waals surface area contributed by atoms with Gasteiger partial charge in [0, 0.05) is 12.3 Å². The van der Waals surface area contributed by atoms with E-state index in [9.17, 15) is 0 Å². The molecule has 1 aromatic heterocycles. The monoisotopic (exact) mass is 213 g/mol. The molecule has 0 unspecified atom stereocenters. The maximum absolute atomic E-state index is 8.65. The summed E-state index contributed by atoms with van der Waals surface area (Å²) in [6.07, 6.45) is 4.48. The third-order valence-electron chi connectivity index (χ3n) is 1.51. The molecule has 2 N–H and O–H groups in total. The van der Waals surface area contributed by atoms with Crippen LogP contribution in [0.1, 0.15) is 13.3 Å². The Bertz CT molecular complexity index is 247. The van der Waals surface area contributed by atoms with Crippen LogP contribution in [0.2, 0.25) is 0 Å². The fraction of sp³-hybridized carbons (Fsp3) is 0.556. The van der Waals surface area contributed by atoms with Crippen LogP contribution in [-0.2, 0) is 0 Å².